The number of morpholine rings is 1. The molecule has 390 valence electrons. The number of hydrogen-bond acceptors (Lipinski definition) is 13. The Labute approximate surface area is 442 Å². The Kier molecular flexibility index (Phi) is 15.2. The molecule has 0 radical (unpaired) electrons. The van der Waals surface area contributed by atoms with Gasteiger partial charge in [-0.3, -0.25) is 24.2 Å². The van der Waals surface area contributed by atoms with Crippen molar-refractivity contribution < 1.29 is 52.7 Å². The number of rotatable bonds is 15. The molecule has 6 aromatic carbocycles. The molecule has 0 bridgehead atoms. The number of hydrogen-bond donors (Lipinski definition) is 1. The number of ether oxygens (including phenoxy) is 6. The number of anilines is 1. The number of imide groups is 1. The van der Waals surface area contributed by atoms with Crippen LogP contribution in [0, 0.1) is 17.8 Å². The number of nitrogens with zero attached hydrogens (tertiary/aromatic N) is 4. The van der Waals surface area contributed by atoms with E-state index in [0.717, 1.165) is 27.2 Å². The van der Waals surface area contributed by atoms with Gasteiger partial charge >= 0.3 is 12.1 Å². The molecule has 3 amide bonds. The van der Waals surface area contributed by atoms with Gasteiger partial charge in [0.2, 0.25) is 11.8 Å². The number of esters is 1. The first-order valence-corrected chi connectivity index (χ1v) is 25.4. The molecule has 10 rings (SSSR count). The van der Waals surface area contributed by atoms with E-state index in [0.29, 0.717) is 59.0 Å². The van der Waals surface area contributed by atoms with Gasteiger partial charge in [-0.2, -0.15) is 0 Å². The fourth-order valence-corrected chi connectivity index (χ4v) is 11.7. The number of methoxy groups -OCH3 is 3. The van der Waals surface area contributed by atoms with Crippen LogP contribution in [0.1, 0.15) is 62.7 Å². The Hall–Kier alpha value is -8.00. The third kappa shape index (κ3) is 9.54. The van der Waals surface area contributed by atoms with Gasteiger partial charge < -0.3 is 38.4 Å². The average molecular weight is 1030 g/mol. The van der Waals surface area contributed by atoms with E-state index in [1.165, 1.54) is 7.11 Å². The van der Waals surface area contributed by atoms with Crippen molar-refractivity contribution in [3.05, 3.63) is 190 Å². The zero-order valence-corrected chi connectivity index (χ0v) is 42.9. The summed E-state index contributed by atoms with van der Waals surface area (Å²) in [5.74, 6) is 4.56. The molecular formula is C61H60N4O11. The van der Waals surface area contributed by atoms with Gasteiger partial charge in [0.05, 0.1) is 57.7 Å². The van der Waals surface area contributed by atoms with Gasteiger partial charge in [0.25, 0.3) is 0 Å². The highest BCUT2D eigenvalue weighted by molar-refractivity contribution is 6.23. The fraction of sp³-hybridized carbons (Fsp3) is 0.311. The second-order valence-corrected chi connectivity index (χ2v) is 19.3. The second-order valence-electron chi connectivity index (χ2n) is 19.3. The Morgan fingerprint density at radius 2 is 1.45 bits per heavy atom. The van der Waals surface area contributed by atoms with Crippen molar-refractivity contribution in [1.29, 1.82) is 0 Å². The predicted molar refractivity (Wildman–Crippen MR) is 282 cm³/mol. The summed E-state index contributed by atoms with van der Waals surface area (Å²) in [6.45, 7) is 0.980. The lowest BCUT2D eigenvalue weighted by atomic mass is 9.64. The number of fused-ring (bicyclic) bond motifs is 4. The summed E-state index contributed by atoms with van der Waals surface area (Å²) in [6, 6.07) is 41.8. The Bertz CT molecular complexity index is 3160. The van der Waals surface area contributed by atoms with E-state index in [9.17, 15) is 9.90 Å². The maximum absolute atomic E-state index is 16.8. The molecule has 15 nitrogen and oxygen atoms in total. The van der Waals surface area contributed by atoms with E-state index in [1.807, 2.05) is 109 Å². The molecule has 2 saturated heterocycles. The summed E-state index contributed by atoms with van der Waals surface area (Å²) >= 11 is 0. The molecular weight excluding hydrogens is 965 g/mol. The second kappa shape index (κ2) is 22.5. The van der Waals surface area contributed by atoms with Gasteiger partial charge in [0, 0.05) is 32.3 Å². The molecule has 1 N–H and O–H groups in total. The highest BCUT2D eigenvalue weighted by Crippen LogP contribution is 2.66. The molecule has 15 heteroatoms. The number of cyclic esters (lactones) is 1. The minimum atomic E-state index is -2.07. The Morgan fingerprint density at radius 3 is 2.14 bits per heavy atom. The number of carbonyl (C=O) groups is 4. The number of benzene rings is 6. The molecule has 1 spiro atoms. The van der Waals surface area contributed by atoms with E-state index in [-0.39, 0.29) is 45.2 Å². The molecule has 0 aliphatic carbocycles. The van der Waals surface area contributed by atoms with E-state index in [2.05, 4.69) is 28.9 Å². The predicted octanol–water partition coefficient (Wildman–Crippen LogP) is 7.59. The topological polar surface area (TPSA) is 157 Å². The van der Waals surface area contributed by atoms with Crippen LogP contribution >= 0.6 is 0 Å². The Balaban J connectivity index is 1.23. The summed E-state index contributed by atoms with van der Waals surface area (Å²) in [4.78, 5) is 70.7. The van der Waals surface area contributed by atoms with Crippen molar-refractivity contribution in [3.8, 4) is 29.1 Å². The largest absolute Gasteiger partial charge is 0.493 e. The summed E-state index contributed by atoms with van der Waals surface area (Å²) in [7, 11) is 6.58. The van der Waals surface area contributed by atoms with Crippen molar-refractivity contribution in [2.45, 2.75) is 49.2 Å². The monoisotopic (exact) mass is 1020 g/mol. The molecule has 4 aliphatic rings. The van der Waals surface area contributed by atoms with Gasteiger partial charge in [-0.1, -0.05) is 115 Å². The van der Waals surface area contributed by atoms with E-state index < -0.39 is 59.4 Å². The van der Waals surface area contributed by atoms with Crippen molar-refractivity contribution in [2.24, 2.45) is 5.92 Å². The van der Waals surface area contributed by atoms with Crippen LogP contribution in [0.5, 0.6) is 17.2 Å². The van der Waals surface area contributed by atoms with Crippen LogP contribution in [0.25, 0.3) is 0 Å². The highest BCUT2D eigenvalue weighted by atomic mass is 16.6. The zero-order chi connectivity index (χ0) is 52.9. The van der Waals surface area contributed by atoms with Crippen LogP contribution in [0.15, 0.2) is 146 Å². The number of aliphatic hydroxyl groups is 1. The zero-order valence-electron chi connectivity index (χ0n) is 42.9. The van der Waals surface area contributed by atoms with Gasteiger partial charge in [0.15, 0.2) is 11.5 Å². The molecule has 4 heterocycles. The van der Waals surface area contributed by atoms with E-state index in [4.69, 9.17) is 28.4 Å². The van der Waals surface area contributed by atoms with E-state index >= 15 is 14.4 Å². The van der Waals surface area contributed by atoms with Crippen LogP contribution in [0.4, 0.5) is 10.5 Å². The number of aliphatic hydroxyl groups excluding tert-OH is 1. The highest BCUT2D eigenvalue weighted by Gasteiger charge is 2.76. The number of carbonyl (C=O) groups excluding carboxylic acids is 4. The van der Waals surface area contributed by atoms with E-state index in [1.54, 1.807) is 55.5 Å². The summed E-state index contributed by atoms with van der Waals surface area (Å²) in [5.41, 5.74) is 3.79. The third-order valence-electron chi connectivity index (χ3n) is 14.9. The normalized spacial score (nSPS) is 21.5. The van der Waals surface area contributed by atoms with Crippen LogP contribution in [-0.2, 0) is 53.5 Å². The van der Waals surface area contributed by atoms with Crippen LogP contribution < -0.4 is 19.1 Å². The molecule has 0 aromatic heterocycles. The first-order chi connectivity index (χ1) is 37.1. The molecule has 6 unspecified atom stereocenters. The van der Waals surface area contributed by atoms with Crippen LogP contribution in [0.2, 0.25) is 0 Å². The Morgan fingerprint density at radius 1 is 0.763 bits per heavy atom. The summed E-state index contributed by atoms with van der Waals surface area (Å²) in [6.07, 6.45) is -1.49. The number of amides is 3. The maximum Gasteiger partial charge on any atom is 0.421 e. The van der Waals surface area contributed by atoms with Crippen molar-refractivity contribution in [3.63, 3.8) is 0 Å². The lowest BCUT2D eigenvalue weighted by Crippen LogP contribution is -2.57. The summed E-state index contributed by atoms with van der Waals surface area (Å²) in [5, 5.41) is 9.93. The van der Waals surface area contributed by atoms with Gasteiger partial charge in [-0.25, -0.2) is 9.69 Å². The smallest absolute Gasteiger partial charge is 0.421 e. The molecule has 76 heavy (non-hydrogen) atoms. The third-order valence-corrected chi connectivity index (χ3v) is 14.9. The van der Waals surface area contributed by atoms with Gasteiger partial charge in [-0.05, 0) is 94.9 Å². The van der Waals surface area contributed by atoms with Crippen molar-refractivity contribution in [1.82, 2.24) is 14.7 Å². The maximum atomic E-state index is 16.8. The summed E-state index contributed by atoms with van der Waals surface area (Å²) < 4.78 is 35.2. The van der Waals surface area contributed by atoms with Crippen LogP contribution in [0.3, 0.4) is 0 Å². The standard InChI is InChI=1S/C61H60N4O11/c1-62(38-41-16-8-5-9-17-41)28-15-18-40-25-26-49-48(34-40)61(59(69)64(49)60(70)75-33-32-71-2)52(57(67)63-29-27-44-36-50(72-3)51(73-4)37-46(44)39-63)54-58(68)76-55(43-21-12-7-13-22-43)53(42-19-10-6-11-20-42)65(54)56(61)45-23-14-24-47(35-45)74-31-30-66/h5-14,16-17,19-26,34-37,52-56,66H,27-33,38-39H2,1-4H3. The quantitative estimate of drug-likeness (QED) is 0.0611. The van der Waals surface area contributed by atoms with Crippen molar-refractivity contribution in [2.75, 3.05) is 72.8 Å². The van der Waals surface area contributed by atoms with Gasteiger partial charge in [0.1, 0.15) is 36.5 Å². The van der Waals surface area contributed by atoms with Gasteiger partial charge in [-0.15, -0.1) is 0 Å². The lowest BCUT2D eigenvalue weighted by Gasteiger charge is -2.46. The minimum Gasteiger partial charge on any atom is -0.493 e. The molecule has 2 fully saturated rings. The van der Waals surface area contributed by atoms with Crippen LogP contribution in [-0.4, -0.2) is 118 Å². The SMILES string of the molecule is COCCOC(=O)N1C(=O)C2(c3cc(C#CCN(C)Cc4ccccc4)ccc31)C(C(=O)N1CCc3cc(OC)c(OC)cc3C1)C1C(=O)OC(c3ccccc3)C(c3ccccc3)N1C2c1cccc(OCCO)c1. The molecule has 4 aliphatic heterocycles. The molecule has 0 saturated carbocycles. The molecule has 6 atom stereocenters. The first-order valence-electron chi connectivity index (χ1n) is 25.4. The molecule has 6 aromatic rings. The lowest BCUT2D eigenvalue weighted by molar-refractivity contribution is -0.179. The minimum absolute atomic E-state index is 0.0275. The first kappa shape index (κ1) is 51.5. The average Bonchev–Trinajstić information content (AvgIpc) is 4.14. The van der Waals surface area contributed by atoms with Crippen molar-refractivity contribution >= 4 is 29.6 Å². The fourth-order valence-electron chi connectivity index (χ4n) is 11.7.